The van der Waals surface area contributed by atoms with Crippen LogP contribution in [0.2, 0.25) is 0 Å². The Bertz CT molecular complexity index is 517. The highest BCUT2D eigenvalue weighted by atomic mass is 35.5. The molecule has 2 fully saturated rings. The van der Waals surface area contributed by atoms with Gasteiger partial charge < -0.3 is 10.6 Å². The summed E-state index contributed by atoms with van der Waals surface area (Å²) in [6, 6.07) is 8.34. The molecule has 2 N–H and O–H groups in total. The van der Waals surface area contributed by atoms with Crippen LogP contribution >= 0.6 is 12.4 Å². The minimum atomic E-state index is 0. The van der Waals surface area contributed by atoms with Gasteiger partial charge in [-0.15, -0.1) is 12.4 Å². The average Bonchev–Trinajstić information content (AvgIpc) is 3.01. The Balaban J connectivity index is 0.00000161. The minimum absolute atomic E-state index is 0. The van der Waals surface area contributed by atoms with E-state index in [1.165, 1.54) is 24.0 Å². The Hall–Kier alpha value is -1.06. The molecule has 2 bridgehead atoms. The molecule has 1 aromatic rings. The van der Waals surface area contributed by atoms with E-state index in [1.54, 1.807) is 0 Å². The SMILES string of the molecule is Cc1ccccc1CN(C)C(=O)C1C2CCC(C2)C1N.Cl. The van der Waals surface area contributed by atoms with E-state index in [2.05, 4.69) is 19.1 Å². The van der Waals surface area contributed by atoms with Crippen LogP contribution in [-0.2, 0) is 11.3 Å². The molecule has 21 heavy (non-hydrogen) atoms. The largest absolute Gasteiger partial charge is 0.341 e. The molecule has 1 amide bonds. The van der Waals surface area contributed by atoms with E-state index >= 15 is 0 Å². The van der Waals surface area contributed by atoms with Crippen LogP contribution in [0.15, 0.2) is 24.3 Å². The molecule has 4 heteroatoms. The summed E-state index contributed by atoms with van der Waals surface area (Å²) < 4.78 is 0. The molecule has 0 heterocycles. The Morgan fingerprint density at radius 3 is 2.57 bits per heavy atom. The average molecular weight is 309 g/mol. The van der Waals surface area contributed by atoms with Gasteiger partial charge in [0.25, 0.3) is 0 Å². The highest BCUT2D eigenvalue weighted by molar-refractivity contribution is 5.85. The molecule has 2 saturated carbocycles. The summed E-state index contributed by atoms with van der Waals surface area (Å²) in [4.78, 5) is 14.6. The van der Waals surface area contributed by atoms with Crippen molar-refractivity contribution in [3.8, 4) is 0 Å². The van der Waals surface area contributed by atoms with Gasteiger partial charge in [0.2, 0.25) is 5.91 Å². The first-order valence-electron chi connectivity index (χ1n) is 7.63. The van der Waals surface area contributed by atoms with Gasteiger partial charge in [-0.3, -0.25) is 4.79 Å². The van der Waals surface area contributed by atoms with E-state index < -0.39 is 0 Å². The number of halogens is 1. The summed E-state index contributed by atoms with van der Waals surface area (Å²) in [6.07, 6.45) is 3.57. The first-order chi connectivity index (χ1) is 9.58. The van der Waals surface area contributed by atoms with Gasteiger partial charge in [0.1, 0.15) is 0 Å². The van der Waals surface area contributed by atoms with E-state index in [0.717, 1.165) is 6.42 Å². The van der Waals surface area contributed by atoms with Crippen molar-refractivity contribution in [2.24, 2.45) is 23.5 Å². The van der Waals surface area contributed by atoms with Crippen molar-refractivity contribution in [1.29, 1.82) is 0 Å². The van der Waals surface area contributed by atoms with Gasteiger partial charge in [-0.25, -0.2) is 0 Å². The molecular formula is C17H25ClN2O. The van der Waals surface area contributed by atoms with Crippen LogP contribution < -0.4 is 5.73 Å². The van der Waals surface area contributed by atoms with E-state index in [4.69, 9.17) is 5.73 Å². The predicted octanol–water partition coefficient (Wildman–Crippen LogP) is 2.75. The molecule has 0 aromatic heterocycles. The standard InChI is InChI=1S/C17H24N2O.ClH/c1-11-5-3-4-6-14(11)10-19(2)17(20)15-12-7-8-13(9-12)16(15)18;/h3-6,12-13,15-16H,7-10,18H2,1-2H3;1H. The predicted molar refractivity (Wildman–Crippen MR) is 87.2 cm³/mol. The number of nitrogens with two attached hydrogens (primary N) is 1. The highest BCUT2D eigenvalue weighted by Crippen LogP contribution is 2.48. The number of carbonyl (C=O) groups excluding carboxylic acids is 1. The van der Waals surface area contributed by atoms with Crippen molar-refractivity contribution in [3.63, 3.8) is 0 Å². The molecule has 0 saturated heterocycles. The zero-order valence-corrected chi connectivity index (χ0v) is 13.6. The van der Waals surface area contributed by atoms with Crippen molar-refractivity contribution in [2.75, 3.05) is 7.05 Å². The number of hydrogen-bond donors (Lipinski definition) is 1. The lowest BCUT2D eigenvalue weighted by molar-refractivity contribution is -0.137. The first kappa shape index (κ1) is 16.3. The number of aryl methyl sites for hydroxylation is 1. The number of carbonyl (C=O) groups is 1. The second-order valence-electron chi connectivity index (χ2n) is 6.56. The monoisotopic (exact) mass is 308 g/mol. The maximum Gasteiger partial charge on any atom is 0.227 e. The Morgan fingerprint density at radius 2 is 1.95 bits per heavy atom. The summed E-state index contributed by atoms with van der Waals surface area (Å²) in [7, 11) is 1.91. The van der Waals surface area contributed by atoms with Gasteiger partial charge >= 0.3 is 0 Å². The van der Waals surface area contributed by atoms with Gasteiger partial charge in [-0.2, -0.15) is 0 Å². The topological polar surface area (TPSA) is 46.3 Å². The third-order valence-corrected chi connectivity index (χ3v) is 5.31. The van der Waals surface area contributed by atoms with Crippen molar-refractivity contribution in [3.05, 3.63) is 35.4 Å². The van der Waals surface area contributed by atoms with Crippen molar-refractivity contribution in [1.82, 2.24) is 4.90 Å². The third-order valence-electron chi connectivity index (χ3n) is 5.31. The summed E-state index contributed by atoms with van der Waals surface area (Å²) in [5.74, 6) is 1.42. The smallest absolute Gasteiger partial charge is 0.227 e. The number of fused-ring (bicyclic) bond motifs is 2. The summed E-state index contributed by atoms with van der Waals surface area (Å²) in [6.45, 7) is 2.78. The number of hydrogen-bond acceptors (Lipinski definition) is 2. The Labute approximate surface area is 133 Å². The van der Waals surface area contributed by atoms with Crippen LogP contribution in [0.1, 0.15) is 30.4 Å². The molecule has 0 radical (unpaired) electrons. The molecule has 4 atom stereocenters. The minimum Gasteiger partial charge on any atom is -0.341 e. The number of rotatable bonds is 3. The van der Waals surface area contributed by atoms with Crippen LogP contribution in [0.4, 0.5) is 0 Å². The molecule has 0 aliphatic heterocycles. The van der Waals surface area contributed by atoms with E-state index in [-0.39, 0.29) is 30.3 Å². The maximum absolute atomic E-state index is 12.7. The molecule has 4 unspecified atom stereocenters. The number of benzene rings is 1. The van der Waals surface area contributed by atoms with Crippen LogP contribution in [0.3, 0.4) is 0 Å². The van der Waals surface area contributed by atoms with Crippen molar-refractivity contribution < 1.29 is 4.79 Å². The van der Waals surface area contributed by atoms with E-state index in [0.29, 0.717) is 18.4 Å². The molecule has 3 nitrogen and oxygen atoms in total. The summed E-state index contributed by atoms with van der Waals surface area (Å²) in [5, 5.41) is 0. The number of amides is 1. The third kappa shape index (κ3) is 2.95. The lowest BCUT2D eigenvalue weighted by atomic mass is 9.84. The summed E-state index contributed by atoms with van der Waals surface area (Å²) >= 11 is 0. The van der Waals surface area contributed by atoms with Crippen LogP contribution in [0.25, 0.3) is 0 Å². The van der Waals surface area contributed by atoms with Gasteiger partial charge in [-0.05, 0) is 49.1 Å². The van der Waals surface area contributed by atoms with Gasteiger partial charge in [-0.1, -0.05) is 24.3 Å². The fourth-order valence-corrected chi connectivity index (χ4v) is 4.08. The number of nitrogens with zero attached hydrogens (tertiary/aromatic N) is 1. The Morgan fingerprint density at radius 1 is 1.29 bits per heavy atom. The zero-order valence-electron chi connectivity index (χ0n) is 12.8. The second-order valence-corrected chi connectivity index (χ2v) is 6.56. The highest BCUT2D eigenvalue weighted by Gasteiger charge is 2.49. The van der Waals surface area contributed by atoms with Crippen molar-refractivity contribution in [2.45, 2.75) is 38.8 Å². The molecule has 0 spiro atoms. The molecule has 3 rings (SSSR count). The lowest BCUT2D eigenvalue weighted by Gasteiger charge is -2.31. The van der Waals surface area contributed by atoms with Crippen LogP contribution in [0.5, 0.6) is 0 Å². The summed E-state index contributed by atoms with van der Waals surface area (Å²) in [5.41, 5.74) is 8.74. The molecule has 2 aliphatic rings. The van der Waals surface area contributed by atoms with E-state index in [1.807, 2.05) is 24.1 Å². The van der Waals surface area contributed by atoms with Crippen LogP contribution in [0, 0.1) is 24.7 Å². The van der Waals surface area contributed by atoms with Gasteiger partial charge in [0.05, 0.1) is 5.92 Å². The zero-order chi connectivity index (χ0) is 14.3. The fraction of sp³-hybridized carbons (Fsp3) is 0.588. The quantitative estimate of drug-likeness (QED) is 0.933. The molecule has 1 aromatic carbocycles. The van der Waals surface area contributed by atoms with E-state index in [9.17, 15) is 4.79 Å². The first-order valence-corrected chi connectivity index (χ1v) is 7.63. The maximum atomic E-state index is 12.7. The molecule has 2 aliphatic carbocycles. The lowest BCUT2D eigenvalue weighted by Crippen LogP contribution is -2.45. The fourth-order valence-electron chi connectivity index (χ4n) is 4.08. The van der Waals surface area contributed by atoms with Crippen LogP contribution in [-0.4, -0.2) is 23.9 Å². The Kier molecular flexibility index (Phi) is 4.95. The van der Waals surface area contributed by atoms with Gasteiger partial charge in [0.15, 0.2) is 0 Å². The van der Waals surface area contributed by atoms with Gasteiger partial charge in [0, 0.05) is 19.6 Å². The molecular weight excluding hydrogens is 284 g/mol. The second kappa shape index (κ2) is 6.37. The normalized spacial score (nSPS) is 30.0. The van der Waals surface area contributed by atoms with Crippen molar-refractivity contribution >= 4 is 18.3 Å². The molecule has 116 valence electrons.